The SMILES string of the molecule is CN1CCN(CCCOCCN2CCN(CCOCCCN3CCN(C)CC3)c3ncc(N)cc32)CC1. The van der Waals surface area contributed by atoms with Crippen LogP contribution in [-0.4, -0.2) is 157 Å². The highest BCUT2D eigenvalue weighted by Gasteiger charge is 2.24. The minimum Gasteiger partial charge on any atom is -0.397 e. The van der Waals surface area contributed by atoms with Gasteiger partial charge in [0.1, 0.15) is 0 Å². The second kappa shape index (κ2) is 15.0. The molecule has 0 unspecified atom stereocenters. The summed E-state index contributed by atoms with van der Waals surface area (Å²) in [4.78, 5) is 19.3. The van der Waals surface area contributed by atoms with Gasteiger partial charge in [-0.3, -0.25) is 0 Å². The van der Waals surface area contributed by atoms with Gasteiger partial charge >= 0.3 is 0 Å². The van der Waals surface area contributed by atoms with Gasteiger partial charge in [0.2, 0.25) is 0 Å². The van der Waals surface area contributed by atoms with E-state index in [0.717, 1.165) is 90.0 Å². The number of nitrogen functional groups attached to an aromatic ring is 1. The van der Waals surface area contributed by atoms with E-state index < -0.39 is 0 Å². The fourth-order valence-corrected chi connectivity index (χ4v) is 5.33. The van der Waals surface area contributed by atoms with Crippen LogP contribution in [0.4, 0.5) is 17.2 Å². The maximum atomic E-state index is 6.11. The fraction of sp³-hybridized carbons (Fsp3) is 0.815. The molecule has 0 radical (unpaired) electrons. The number of hydrogen-bond acceptors (Lipinski definition) is 10. The Hall–Kier alpha value is -1.69. The van der Waals surface area contributed by atoms with Crippen LogP contribution < -0.4 is 15.5 Å². The number of aromatic nitrogens is 1. The van der Waals surface area contributed by atoms with Crippen LogP contribution >= 0.6 is 0 Å². The Morgan fingerprint density at radius 3 is 1.76 bits per heavy atom. The van der Waals surface area contributed by atoms with E-state index in [1.165, 1.54) is 52.4 Å². The van der Waals surface area contributed by atoms with E-state index in [1.54, 1.807) is 6.20 Å². The average Bonchev–Trinajstić information content (AvgIpc) is 2.90. The Labute approximate surface area is 224 Å². The van der Waals surface area contributed by atoms with E-state index in [1.807, 2.05) is 0 Å². The predicted molar refractivity (Wildman–Crippen MR) is 152 cm³/mol. The van der Waals surface area contributed by atoms with Gasteiger partial charge in [-0.15, -0.1) is 0 Å². The highest BCUT2D eigenvalue weighted by Crippen LogP contribution is 2.32. The largest absolute Gasteiger partial charge is 0.397 e. The second-order valence-electron chi connectivity index (χ2n) is 10.8. The predicted octanol–water partition coefficient (Wildman–Crippen LogP) is 0.598. The molecular weight excluding hydrogens is 468 g/mol. The Kier molecular flexibility index (Phi) is 11.5. The molecule has 0 aliphatic carbocycles. The first-order valence-electron chi connectivity index (χ1n) is 14.3. The summed E-state index contributed by atoms with van der Waals surface area (Å²) in [7, 11) is 4.40. The molecule has 4 rings (SSSR count). The van der Waals surface area contributed by atoms with Crippen LogP contribution in [0.15, 0.2) is 12.3 Å². The molecule has 2 saturated heterocycles. The summed E-state index contributed by atoms with van der Waals surface area (Å²) in [5.41, 5.74) is 7.93. The van der Waals surface area contributed by atoms with Gasteiger partial charge in [0.25, 0.3) is 0 Å². The van der Waals surface area contributed by atoms with Crippen molar-refractivity contribution in [3.8, 4) is 0 Å². The van der Waals surface area contributed by atoms with Crippen LogP contribution in [0.5, 0.6) is 0 Å². The van der Waals surface area contributed by atoms with Gasteiger partial charge in [-0.05, 0) is 33.0 Å². The Morgan fingerprint density at radius 2 is 1.19 bits per heavy atom. The lowest BCUT2D eigenvalue weighted by Gasteiger charge is -2.38. The molecule has 0 atom stereocenters. The number of hydrogen-bond donors (Lipinski definition) is 1. The Bertz CT molecular complexity index is 784. The maximum absolute atomic E-state index is 6.11. The Balaban J connectivity index is 1.11. The summed E-state index contributed by atoms with van der Waals surface area (Å²) in [5.74, 6) is 1.01. The minimum absolute atomic E-state index is 0.707. The lowest BCUT2D eigenvalue weighted by molar-refractivity contribution is 0.108. The van der Waals surface area contributed by atoms with Crippen molar-refractivity contribution in [3.05, 3.63) is 12.3 Å². The van der Waals surface area contributed by atoms with E-state index >= 15 is 0 Å². The molecular formula is C27H50N8O2. The normalized spacial score (nSPS) is 20.5. The molecule has 2 N–H and O–H groups in total. The number of ether oxygens (including phenoxy) is 2. The monoisotopic (exact) mass is 518 g/mol. The van der Waals surface area contributed by atoms with Gasteiger partial charge in [-0.1, -0.05) is 0 Å². The van der Waals surface area contributed by atoms with Crippen molar-refractivity contribution in [2.24, 2.45) is 0 Å². The van der Waals surface area contributed by atoms with Crippen molar-refractivity contribution in [1.29, 1.82) is 0 Å². The molecule has 2 fully saturated rings. The van der Waals surface area contributed by atoms with E-state index in [2.05, 4.69) is 49.6 Å². The number of anilines is 3. The number of nitrogens with two attached hydrogens (primary N) is 1. The van der Waals surface area contributed by atoms with Crippen LogP contribution in [-0.2, 0) is 9.47 Å². The van der Waals surface area contributed by atoms with Gasteiger partial charge in [0.05, 0.1) is 30.8 Å². The van der Waals surface area contributed by atoms with Crippen LogP contribution in [0.25, 0.3) is 0 Å². The molecule has 1 aromatic heterocycles. The maximum Gasteiger partial charge on any atom is 0.152 e. The number of piperazine rings is 2. The highest BCUT2D eigenvalue weighted by atomic mass is 16.5. The molecule has 4 heterocycles. The summed E-state index contributed by atoms with van der Waals surface area (Å²) >= 11 is 0. The fourth-order valence-electron chi connectivity index (χ4n) is 5.33. The number of pyridine rings is 1. The van der Waals surface area contributed by atoms with Crippen molar-refractivity contribution in [2.75, 3.05) is 148 Å². The van der Waals surface area contributed by atoms with Gasteiger partial charge in [0, 0.05) is 105 Å². The molecule has 10 nitrogen and oxygen atoms in total. The molecule has 0 spiro atoms. The van der Waals surface area contributed by atoms with Crippen LogP contribution in [0.3, 0.4) is 0 Å². The summed E-state index contributed by atoms with van der Waals surface area (Å²) in [6.07, 6.45) is 3.96. The summed E-state index contributed by atoms with van der Waals surface area (Å²) < 4.78 is 12.0. The molecule has 1 aromatic rings. The summed E-state index contributed by atoms with van der Waals surface area (Å²) in [6.45, 7) is 18.4. The zero-order chi connectivity index (χ0) is 25.9. The topological polar surface area (TPSA) is 76.8 Å². The number of likely N-dealkylation sites (N-methyl/N-ethyl adjacent to an activating group) is 2. The van der Waals surface area contributed by atoms with Crippen LogP contribution in [0.1, 0.15) is 12.8 Å². The van der Waals surface area contributed by atoms with Gasteiger partial charge in [-0.25, -0.2) is 4.98 Å². The van der Waals surface area contributed by atoms with E-state index in [4.69, 9.17) is 20.2 Å². The summed E-state index contributed by atoms with van der Waals surface area (Å²) in [5, 5.41) is 0. The molecule has 210 valence electrons. The number of nitrogens with zero attached hydrogens (tertiary/aromatic N) is 7. The first kappa shape index (κ1) is 28.3. The lowest BCUT2D eigenvalue weighted by Crippen LogP contribution is -2.45. The molecule has 0 aromatic carbocycles. The third kappa shape index (κ3) is 9.23. The average molecular weight is 519 g/mol. The number of fused-ring (bicyclic) bond motifs is 1. The summed E-state index contributed by atoms with van der Waals surface area (Å²) in [6, 6.07) is 2.05. The van der Waals surface area contributed by atoms with Crippen molar-refractivity contribution >= 4 is 17.2 Å². The third-order valence-corrected chi connectivity index (χ3v) is 7.88. The van der Waals surface area contributed by atoms with E-state index in [0.29, 0.717) is 5.69 Å². The van der Waals surface area contributed by atoms with Crippen molar-refractivity contribution in [3.63, 3.8) is 0 Å². The second-order valence-corrected chi connectivity index (χ2v) is 10.8. The quantitative estimate of drug-likeness (QED) is 0.354. The van der Waals surface area contributed by atoms with Gasteiger partial charge in [0.15, 0.2) is 5.82 Å². The highest BCUT2D eigenvalue weighted by molar-refractivity contribution is 5.72. The third-order valence-electron chi connectivity index (χ3n) is 7.88. The molecule has 0 amide bonds. The molecule has 10 heteroatoms. The van der Waals surface area contributed by atoms with Crippen molar-refractivity contribution in [2.45, 2.75) is 12.8 Å². The van der Waals surface area contributed by atoms with Crippen molar-refractivity contribution < 1.29 is 9.47 Å². The Morgan fingerprint density at radius 1 is 0.676 bits per heavy atom. The molecule has 0 saturated carbocycles. The van der Waals surface area contributed by atoms with Crippen LogP contribution in [0, 0.1) is 0 Å². The molecule has 3 aliphatic rings. The van der Waals surface area contributed by atoms with Crippen LogP contribution in [0.2, 0.25) is 0 Å². The first-order chi connectivity index (χ1) is 18.1. The zero-order valence-corrected chi connectivity index (χ0v) is 23.3. The smallest absolute Gasteiger partial charge is 0.152 e. The first-order valence-corrected chi connectivity index (χ1v) is 14.3. The minimum atomic E-state index is 0.707. The van der Waals surface area contributed by atoms with Gasteiger partial charge < -0.3 is 44.6 Å². The standard InChI is InChI=1S/C27H50N8O2/c1-30-7-11-32(12-8-30)5-3-19-36-21-17-34-15-16-35(27-26(34)23-25(28)24-29-27)18-22-37-20-4-6-33-13-9-31(2)10-14-33/h23-24H,3-22,28H2,1-2H3. The molecule has 37 heavy (non-hydrogen) atoms. The molecule has 0 bridgehead atoms. The lowest BCUT2D eigenvalue weighted by atomic mass is 10.2. The molecule has 3 aliphatic heterocycles. The van der Waals surface area contributed by atoms with Gasteiger partial charge in [-0.2, -0.15) is 0 Å². The number of rotatable bonds is 14. The van der Waals surface area contributed by atoms with Crippen molar-refractivity contribution in [1.82, 2.24) is 24.6 Å². The van der Waals surface area contributed by atoms with E-state index in [9.17, 15) is 0 Å². The van der Waals surface area contributed by atoms with E-state index in [-0.39, 0.29) is 0 Å². The zero-order valence-electron chi connectivity index (χ0n) is 23.3.